The van der Waals surface area contributed by atoms with E-state index in [-0.39, 0.29) is 17.6 Å². The minimum Gasteiger partial charge on any atom is -0.506 e. The molecule has 0 spiro atoms. The van der Waals surface area contributed by atoms with Crippen molar-refractivity contribution in [2.45, 2.75) is 32.6 Å². The van der Waals surface area contributed by atoms with E-state index in [0.29, 0.717) is 41.5 Å². The lowest BCUT2D eigenvalue weighted by atomic mass is 10.2. The summed E-state index contributed by atoms with van der Waals surface area (Å²) < 4.78 is 1.78. The number of carbonyl (C=O) groups excluding carboxylic acids is 2. The Kier molecular flexibility index (Phi) is 6.72. The van der Waals surface area contributed by atoms with Gasteiger partial charge in [0, 0.05) is 24.2 Å². The van der Waals surface area contributed by atoms with Gasteiger partial charge >= 0.3 is 0 Å². The maximum atomic E-state index is 12.5. The molecule has 0 atom stereocenters. The van der Waals surface area contributed by atoms with Gasteiger partial charge in [-0.1, -0.05) is 24.1 Å². The van der Waals surface area contributed by atoms with E-state index in [1.165, 1.54) is 12.1 Å². The molecule has 3 N–H and O–H groups in total. The van der Waals surface area contributed by atoms with E-state index in [9.17, 15) is 14.7 Å². The summed E-state index contributed by atoms with van der Waals surface area (Å²) in [5.74, 6) is -0.364. The zero-order valence-electron chi connectivity index (χ0n) is 16.1. The quantitative estimate of drug-likeness (QED) is 0.384. The second kappa shape index (κ2) is 9.43. The lowest BCUT2D eigenvalue weighted by Crippen LogP contribution is -2.26. The number of imidazole rings is 1. The number of nitrogens with zero attached hydrogens (tertiary/aromatic N) is 2. The summed E-state index contributed by atoms with van der Waals surface area (Å²) in [5.41, 5.74) is 2.28. The minimum atomic E-state index is -0.187. The first-order chi connectivity index (χ1) is 14.0. The molecule has 0 saturated carbocycles. The van der Waals surface area contributed by atoms with Gasteiger partial charge in [0.1, 0.15) is 17.1 Å². The number of anilines is 1. The van der Waals surface area contributed by atoms with Crippen molar-refractivity contribution >= 4 is 34.7 Å². The Morgan fingerprint density at radius 2 is 2.00 bits per heavy atom. The summed E-state index contributed by atoms with van der Waals surface area (Å²) in [4.78, 5) is 28.9. The average molecular weight is 415 g/mol. The van der Waals surface area contributed by atoms with Crippen LogP contribution in [0, 0.1) is 6.92 Å². The Morgan fingerprint density at radius 1 is 1.17 bits per heavy atom. The first-order valence-electron chi connectivity index (χ1n) is 9.46. The second-order valence-corrected chi connectivity index (χ2v) is 7.19. The molecule has 0 aliphatic rings. The molecule has 0 unspecified atom stereocenters. The van der Waals surface area contributed by atoms with Gasteiger partial charge in [0.05, 0.1) is 11.4 Å². The van der Waals surface area contributed by atoms with Crippen LogP contribution in [0.1, 0.15) is 41.9 Å². The molecular formula is C21H23ClN4O3. The SMILES string of the molecule is Cc1nc2ccccn2c1C(=O)NCCCCCC(=O)Nc1cc(Cl)ccc1O. The zero-order chi connectivity index (χ0) is 20.8. The Morgan fingerprint density at radius 3 is 2.83 bits per heavy atom. The Bertz CT molecular complexity index is 1030. The molecule has 2 heterocycles. The molecule has 1 aromatic carbocycles. The highest BCUT2D eigenvalue weighted by atomic mass is 35.5. The number of phenolic OH excluding ortho intramolecular Hbond substituents is 1. The number of aryl methyl sites for hydroxylation is 1. The van der Waals surface area contributed by atoms with Crippen LogP contribution < -0.4 is 10.6 Å². The van der Waals surface area contributed by atoms with Crippen molar-refractivity contribution in [2.24, 2.45) is 0 Å². The highest BCUT2D eigenvalue weighted by Gasteiger charge is 2.15. The Hall–Kier alpha value is -3.06. The molecule has 29 heavy (non-hydrogen) atoms. The van der Waals surface area contributed by atoms with Crippen molar-refractivity contribution in [2.75, 3.05) is 11.9 Å². The number of aromatic hydroxyl groups is 1. The molecular weight excluding hydrogens is 392 g/mol. The summed E-state index contributed by atoms with van der Waals surface area (Å²) in [5, 5.41) is 15.7. The van der Waals surface area contributed by atoms with Crippen molar-refractivity contribution in [1.82, 2.24) is 14.7 Å². The number of aromatic nitrogens is 2. The molecule has 0 aliphatic heterocycles. The van der Waals surface area contributed by atoms with Gasteiger partial charge in [0.2, 0.25) is 5.91 Å². The van der Waals surface area contributed by atoms with Crippen LogP contribution in [0.3, 0.4) is 0 Å². The smallest absolute Gasteiger partial charge is 0.270 e. The molecule has 8 heteroatoms. The summed E-state index contributed by atoms with van der Waals surface area (Å²) >= 11 is 5.86. The van der Waals surface area contributed by atoms with Gasteiger partial charge < -0.3 is 15.7 Å². The van der Waals surface area contributed by atoms with Crippen molar-refractivity contribution in [3.8, 4) is 5.75 Å². The van der Waals surface area contributed by atoms with Crippen LogP contribution in [-0.4, -0.2) is 32.9 Å². The third-order valence-corrected chi connectivity index (χ3v) is 4.75. The first kappa shape index (κ1) is 20.7. The number of hydrogen-bond acceptors (Lipinski definition) is 4. The van der Waals surface area contributed by atoms with Gasteiger partial charge in [-0.15, -0.1) is 0 Å². The predicted octanol–water partition coefficient (Wildman–Crippen LogP) is 3.93. The maximum Gasteiger partial charge on any atom is 0.270 e. The fourth-order valence-corrected chi connectivity index (χ4v) is 3.25. The fourth-order valence-electron chi connectivity index (χ4n) is 3.08. The summed E-state index contributed by atoms with van der Waals surface area (Å²) in [6.07, 6.45) is 4.38. The monoisotopic (exact) mass is 414 g/mol. The van der Waals surface area contributed by atoms with E-state index in [0.717, 1.165) is 18.5 Å². The molecule has 3 aromatic rings. The highest BCUT2D eigenvalue weighted by molar-refractivity contribution is 6.31. The molecule has 0 aliphatic carbocycles. The lowest BCUT2D eigenvalue weighted by Gasteiger charge is -2.08. The summed E-state index contributed by atoms with van der Waals surface area (Å²) in [6.45, 7) is 2.34. The fraction of sp³-hybridized carbons (Fsp3) is 0.286. The van der Waals surface area contributed by atoms with E-state index in [4.69, 9.17) is 11.6 Å². The van der Waals surface area contributed by atoms with Gasteiger partial charge in [-0.2, -0.15) is 0 Å². The number of hydrogen-bond donors (Lipinski definition) is 3. The van der Waals surface area contributed by atoms with Crippen LogP contribution in [0.15, 0.2) is 42.6 Å². The molecule has 0 saturated heterocycles. The lowest BCUT2D eigenvalue weighted by molar-refractivity contribution is -0.116. The van der Waals surface area contributed by atoms with Crippen molar-refractivity contribution in [3.05, 3.63) is 59.0 Å². The summed E-state index contributed by atoms with van der Waals surface area (Å²) in [6, 6.07) is 10.1. The molecule has 2 amide bonds. The number of phenols is 1. The number of benzene rings is 1. The molecule has 0 radical (unpaired) electrons. The van der Waals surface area contributed by atoms with Gasteiger partial charge in [-0.25, -0.2) is 4.98 Å². The summed E-state index contributed by atoms with van der Waals surface area (Å²) in [7, 11) is 0. The zero-order valence-corrected chi connectivity index (χ0v) is 16.9. The first-order valence-corrected chi connectivity index (χ1v) is 9.84. The van der Waals surface area contributed by atoms with Gasteiger partial charge in [0.25, 0.3) is 5.91 Å². The van der Waals surface area contributed by atoms with Gasteiger partial charge in [0.15, 0.2) is 0 Å². The number of fused-ring (bicyclic) bond motifs is 1. The maximum absolute atomic E-state index is 12.5. The van der Waals surface area contributed by atoms with E-state index in [2.05, 4.69) is 15.6 Å². The highest BCUT2D eigenvalue weighted by Crippen LogP contribution is 2.26. The number of rotatable bonds is 8. The molecule has 0 bridgehead atoms. The Labute approximate surface area is 173 Å². The van der Waals surface area contributed by atoms with E-state index in [1.54, 1.807) is 10.5 Å². The van der Waals surface area contributed by atoms with Crippen LogP contribution in [0.2, 0.25) is 5.02 Å². The molecule has 2 aromatic heterocycles. The van der Waals surface area contributed by atoms with E-state index < -0.39 is 0 Å². The normalized spacial score (nSPS) is 10.8. The minimum absolute atomic E-state index is 0.0202. The molecule has 0 fully saturated rings. The number of nitrogens with one attached hydrogen (secondary N) is 2. The van der Waals surface area contributed by atoms with Crippen LogP contribution >= 0.6 is 11.6 Å². The van der Waals surface area contributed by atoms with Crippen LogP contribution in [0.25, 0.3) is 5.65 Å². The standard InChI is InChI=1S/C21H23ClN4O3/c1-14-20(26-12-6-4-7-18(26)24-14)21(29)23-11-5-2-3-8-19(28)25-16-13-15(22)9-10-17(16)27/h4,6-7,9-10,12-13,27H,2-3,5,8,11H2,1H3,(H,23,29)(H,25,28). The van der Waals surface area contributed by atoms with E-state index >= 15 is 0 Å². The topological polar surface area (TPSA) is 95.7 Å². The number of carbonyl (C=O) groups is 2. The number of halogens is 1. The average Bonchev–Trinajstić information content (AvgIpc) is 3.03. The largest absolute Gasteiger partial charge is 0.506 e. The molecule has 3 rings (SSSR count). The number of pyridine rings is 1. The third kappa shape index (κ3) is 5.26. The molecule has 152 valence electrons. The van der Waals surface area contributed by atoms with Crippen molar-refractivity contribution < 1.29 is 14.7 Å². The van der Waals surface area contributed by atoms with Crippen molar-refractivity contribution in [1.29, 1.82) is 0 Å². The number of unbranched alkanes of at least 4 members (excludes halogenated alkanes) is 2. The van der Waals surface area contributed by atoms with Gasteiger partial charge in [-0.05, 0) is 50.1 Å². The number of amides is 2. The third-order valence-electron chi connectivity index (χ3n) is 4.52. The molecule has 7 nitrogen and oxygen atoms in total. The van der Waals surface area contributed by atoms with E-state index in [1.807, 2.05) is 31.3 Å². The predicted molar refractivity (Wildman–Crippen MR) is 112 cm³/mol. The van der Waals surface area contributed by atoms with Crippen LogP contribution in [-0.2, 0) is 4.79 Å². The second-order valence-electron chi connectivity index (χ2n) is 6.75. The van der Waals surface area contributed by atoms with Crippen LogP contribution in [0.4, 0.5) is 5.69 Å². The Balaban J connectivity index is 1.38. The van der Waals surface area contributed by atoms with Gasteiger partial charge in [-0.3, -0.25) is 14.0 Å². The van der Waals surface area contributed by atoms with Crippen LogP contribution in [0.5, 0.6) is 5.75 Å². The van der Waals surface area contributed by atoms with Crippen molar-refractivity contribution in [3.63, 3.8) is 0 Å².